The van der Waals surface area contributed by atoms with Crippen LogP contribution < -0.4 is 5.32 Å². The van der Waals surface area contributed by atoms with Gasteiger partial charge in [-0.3, -0.25) is 0 Å². The summed E-state index contributed by atoms with van der Waals surface area (Å²) in [5.74, 6) is -0.377. The molecule has 0 aromatic carbocycles. The number of nitrogens with zero attached hydrogens (tertiary/aromatic N) is 1. The maximum atomic E-state index is 11.4. The van der Waals surface area contributed by atoms with E-state index in [1.165, 1.54) is 12.8 Å². The number of aryl methyl sites for hydroxylation is 2. The summed E-state index contributed by atoms with van der Waals surface area (Å²) in [5.41, 5.74) is 1.93. The van der Waals surface area contributed by atoms with Gasteiger partial charge in [-0.15, -0.1) is 0 Å². The standard InChI is InChI=1S/C15H22N2O2S/c1-9-8-10(2)16-14(13(9)15(18)19)17-11-4-6-12(20-3)7-5-11/h8,11-12H,4-7H2,1-3H3,(H,16,17)(H,18,19). The summed E-state index contributed by atoms with van der Waals surface area (Å²) in [6.07, 6.45) is 6.70. The van der Waals surface area contributed by atoms with E-state index in [4.69, 9.17) is 0 Å². The number of thioether (sulfide) groups is 1. The molecule has 1 aliphatic rings. The van der Waals surface area contributed by atoms with Gasteiger partial charge in [-0.25, -0.2) is 9.78 Å². The molecule has 20 heavy (non-hydrogen) atoms. The maximum Gasteiger partial charge on any atom is 0.339 e. The maximum absolute atomic E-state index is 11.4. The average molecular weight is 294 g/mol. The summed E-state index contributed by atoms with van der Waals surface area (Å²) in [6.45, 7) is 3.72. The fraction of sp³-hybridized carbons (Fsp3) is 0.600. The highest BCUT2D eigenvalue weighted by molar-refractivity contribution is 7.99. The van der Waals surface area contributed by atoms with Crippen molar-refractivity contribution in [2.45, 2.75) is 50.8 Å². The first-order valence-electron chi connectivity index (χ1n) is 7.02. The van der Waals surface area contributed by atoms with Gasteiger partial charge in [0.2, 0.25) is 0 Å². The van der Waals surface area contributed by atoms with Crippen molar-refractivity contribution in [1.82, 2.24) is 4.98 Å². The van der Waals surface area contributed by atoms with Gasteiger partial charge < -0.3 is 10.4 Å². The number of nitrogens with one attached hydrogen (secondary N) is 1. The van der Waals surface area contributed by atoms with E-state index in [9.17, 15) is 9.90 Å². The van der Waals surface area contributed by atoms with Crippen LogP contribution in [-0.2, 0) is 0 Å². The molecule has 1 fully saturated rings. The fourth-order valence-corrected chi connectivity index (χ4v) is 3.59. The van der Waals surface area contributed by atoms with Gasteiger partial charge in [0.15, 0.2) is 0 Å². The van der Waals surface area contributed by atoms with Gasteiger partial charge in [0.05, 0.1) is 0 Å². The van der Waals surface area contributed by atoms with Crippen molar-refractivity contribution in [3.8, 4) is 0 Å². The molecular weight excluding hydrogens is 272 g/mol. The van der Waals surface area contributed by atoms with Crippen LogP contribution in [0.3, 0.4) is 0 Å². The Balaban J connectivity index is 2.15. The number of hydrogen-bond acceptors (Lipinski definition) is 4. The van der Waals surface area contributed by atoms with Gasteiger partial charge in [-0.2, -0.15) is 11.8 Å². The van der Waals surface area contributed by atoms with E-state index >= 15 is 0 Å². The Morgan fingerprint density at radius 1 is 1.35 bits per heavy atom. The van der Waals surface area contributed by atoms with Gasteiger partial charge >= 0.3 is 5.97 Å². The third-order valence-electron chi connectivity index (χ3n) is 3.91. The van der Waals surface area contributed by atoms with Crippen molar-refractivity contribution < 1.29 is 9.90 Å². The quantitative estimate of drug-likeness (QED) is 0.890. The van der Waals surface area contributed by atoms with E-state index in [0.717, 1.165) is 29.3 Å². The first-order chi connectivity index (χ1) is 9.51. The second-order valence-corrected chi connectivity index (χ2v) is 6.60. The molecule has 4 nitrogen and oxygen atoms in total. The lowest BCUT2D eigenvalue weighted by atomic mass is 9.94. The summed E-state index contributed by atoms with van der Waals surface area (Å²) in [5, 5.41) is 13.5. The monoisotopic (exact) mass is 294 g/mol. The van der Waals surface area contributed by atoms with Crippen molar-refractivity contribution in [2.24, 2.45) is 0 Å². The lowest BCUT2D eigenvalue weighted by Crippen LogP contribution is -2.28. The van der Waals surface area contributed by atoms with Crippen LogP contribution >= 0.6 is 11.8 Å². The molecule has 0 spiro atoms. The Morgan fingerprint density at radius 2 is 2.00 bits per heavy atom. The van der Waals surface area contributed by atoms with Gasteiger partial charge in [0.1, 0.15) is 11.4 Å². The number of carboxylic acid groups (broad SMARTS) is 1. The van der Waals surface area contributed by atoms with E-state index in [-0.39, 0.29) is 0 Å². The summed E-state index contributed by atoms with van der Waals surface area (Å²) < 4.78 is 0. The first kappa shape index (κ1) is 15.2. The molecule has 2 rings (SSSR count). The molecule has 0 aliphatic heterocycles. The van der Waals surface area contributed by atoms with Crippen molar-refractivity contribution in [3.63, 3.8) is 0 Å². The number of hydrogen-bond donors (Lipinski definition) is 2. The molecule has 0 unspecified atom stereocenters. The Morgan fingerprint density at radius 3 is 2.55 bits per heavy atom. The van der Waals surface area contributed by atoms with Crippen LogP contribution in [0.15, 0.2) is 6.07 Å². The number of aromatic nitrogens is 1. The third kappa shape index (κ3) is 3.45. The predicted molar refractivity (Wildman–Crippen MR) is 83.9 cm³/mol. The van der Waals surface area contributed by atoms with Crippen LogP contribution in [-0.4, -0.2) is 33.6 Å². The zero-order chi connectivity index (χ0) is 14.7. The lowest BCUT2D eigenvalue weighted by Gasteiger charge is -2.29. The van der Waals surface area contributed by atoms with Crippen LogP contribution in [0.2, 0.25) is 0 Å². The molecule has 0 atom stereocenters. The predicted octanol–water partition coefficient (Wildman–Crippen LogP) is 3.48. The van der Waals surface area contributed by atoms with Gasteiger partial charge in [-0.05, 0) is 57.4 Å². The van der Waals surface area contributed by atoms with Gasteiger partial charge in [-0.1, -0.05) is 0 Å². The van der Waals surface area contributed by atoms with Crippen LogP contribution in [0.25, 0.3) is 0 Å². The Labute approximate surface area is 124 Å². The molecule has 0 amide bonds. The third-order valence-corrected chi connectivity index (χ3v) is 5.05. The highest BCUT2D eigenvalue weighted by atomic mass is 32.2. The van der Waals surface area contributed by atoms with Gasteiger partial charge in [0.25, 0.3) is 0 Å². The van der Waals surface area contributed by atoms with Crippen molar-refractivity contribution in [3.05, 3.63) is 22.9 Å². The number of carbonyl (C=O) groups is 1. The molecule has 2 N–H and O–H groups in total. The number of carboxylic acids is 1. The number of rotatable bonds is 4. The van der Waals surface area contributed by atoms with Crippen LogP contribution in [0.4, 0.5) is 5.82 Å². The van der Waals surface area contributed by atoms with Crippen molar-refractivity contribution in [2.75, 3.05) is 11.6 Å². The molecule has 1 aromatic rings. The highest BCUT2D eigenvalue weighted by Gasteiger charge is 2.23. The summed E-state index contributed by atoms with van der Waals surface area (Å²) in [6, 6.07) is 2.16. The molecule has 0 saturated heterocycles. The molecule has 1 aliphatic carbocycles. The summed E-state index contributed by atoms with van der Waals surface area (Å²) in [7, 11) is 0. The minimum Gasteiger partial charge on any atom is -0.478 e. The Kier molecular flexibility index (Phi) is 4.91. The summed E-state index contributed by atoms with van der Waals surface area (Å²) in [4.78, 5) is 15.8. The van der Waals surface area contributed by atoms with E-state index in [1.54, 1.807) is 0 Å². The van der Waals surface area contributed by atoms with Gasteiger partial charge in [0, 0.05) is 17.0 Å². The zero-order valence-electron chi connectivity index (χ0n) is 12.3. The minimum atomic E-state index is -0.907. The molecule has 1 saturated carbocycles. The smallest absolute Gasteiger partial charge is 0.339 e. The lowest BCUT2D eigenvalue weighted by molar-refractivity contribution is 0.0696. The Bertz CT molecular complexity index is 497. The molecular formula is C15H22N2O2S. The number of aromatic carboxylic acids is 1. The normalized spacial score (nSPS) is 22.6. The highest BCUT2D eigenvalue weighted by Crippen LogP contribution is 2.29. The number of anilines is 1. The van der Waals surface area contributed by atoms with Crippen molar-refractivity contribution in [1.29, 1.82) is 0 Å². The van der Waals surface area contributed by atoms with Crippen LogP contribution in [0.1, 0.15) is 47.3 Å². The first-order valence-corrected chi connectivity index (χ1v) is 8.31. The largest absolute Gasteiger partial charge is 0.478 e. The number of pyridine rings is 1. The minimum absolute atomic E-state index is 0.308. The Hall–Kier alpha value is -1.23. The molecule has 0 radical (unpaired) electrons. The van der Waals surface area contributed by atoms with Crippen LogP contribution in [0, 0.1) is 13.8 Å². The van der Waals surface area contributed by atoms with E-state index in [0.29, 0.717) is 17.4 Å². The van der Waals surface area contributed by atoms with E-state index < -0.39 is 5.97 Å². The molecule has 1 heterocycles. The zero-order valence-corrected chi connectivity index (χ0v) is 13.1. The molecule has 0 bridgehead atoms. The SMILES string of the molecule is CSC1CCC(Nc2nc(C)cc(C)c2C(=O)O)CC1. The van der Waals surface area contributed by atoms with Crippen molar-refractivity contribution >= 4 is 23.5 Å². The summed E-state index contributed by atoms with van der Waals surface area (Å²) >= 11 is 1.93. The van der Waals surface area contributed by atoms with E-state index in [2.05, 4.69) is 16.6 Å². The topological polar surface area (TPSA) is 62.2 Å². The second-order valence-electron chi connectivity index (χ2n) is 5.46. The fourth-order valence-electron chi connectivity index (χ4n) is 2.85. The average Bonchev–Trinajstić information content (AvgIpc) is 2.38. The second kappa shape index (κ2) is 6.48. The van der Waals surface area contributed by atoms with Crippen LogP contribution in [0.5, 0.6) is 0 Å². The molecule has 110 valence electrons. The van der Waals surface area contributed by atoms with E-state index in [1.807, 2.05) is 31.7 Å². The molecule has 1 aromatic heterocycles. The molecule has 5 heteroatoms.